The van der Waals surface area contributed by atoms with Gasteiger partial charge in [-0.3, -0.25) is 19.7 Å². The van der Waals surface area contributed by atoms with Gasteiger partial charge >= 0.3 is 0 Å². The van der Waals surface area contributed by atoms with E-state index in [2.05, 4.69) is 39.8 Å². The van der Waals surface area contributed by atoms with Crippen molar-refractivity contribution in [1.29, 1.82) is 0 Å². The van der Waals surface area contributed by atoms with Crippen LogP contribution in [-0.4, -0.2) is 53.9 Å². The van der Waals surface area contributed by atoms with Crippen LogP contribution in [0.2, 0.25) is 0 Å². The molecular formula is C30H30N4O4. The predicted octanol–water partition coefficient (Wildman–Crippen LogP) is 2.87. The van der Waals surface area contributed by atoms with Crippen LogP contribution in [-0.2, 0) is 22.7 Å². The number of amides is 3. The third-order valence-electron chi connectivity index (χ3n) is 7.58. The van der Waals surface area contributed by atoms with Crippen LogP contribution in [0.5, 0.6) is 5.75 Å². The third kappa shape index (κ3) is 4.87. The molecule has 6 rings (SSSR count). The highest BCUT2D eigenvalue weighted by molar-refractivity contribution is 6.05. The van der Waals surface area contributed by atoms with E-state index < -0.39 is 11.9 Å². The Labute approximate surface area is 221 Å². The maximum absolute atomic E-state index is 13.1. The molecule has 38 heavy (non-hydrogen) atoms. The summed E-state index contributed by atoms with van der Waals surface area (Å²) < 4.78 is 6.55. The van der Waals surface area contributed by atoms with Gasteiger partial charge in [0.05, 0.1) is 12.6 Å². The Hall–Kier alpha value is -4.17. The molecule has 0 aromatic heterocycles. The molecule has 0 bridgehead atoms. The van der Waals surface area contributed by atoms with Gasteiger partial charge in [0.25, 0.3) is 5.91 Å². The fraction of sp³-hybridized carbons (Fsp3) is 0.300. The topological polar surface area (TPSA) is 91.0 Å². The van der Waals surface area contributed by atoms with E-state index in [1.165, 1.54) is 5.56 Å². The highest BCUT2D eigenvalue weighted by atomic mass is 16.5. The van der Waals surface area contributed by atoms with Crippen LogP contribution in [0, 0.1) is 0 Å². The summed E-state index contributed by atoms with van der Waals surface area (Å²) in [6.07, 6.45) is 0.488. The van der Waals surface area contributed by atoms with Crippen molar-refractivity contribution in [2.75, 3.05) is 18.0 Å². The number of carbonyl (C=O) groups excluding carboxylic acids is 3. The highest BCUT2D eigenvalue weighted by Crippen LogP contribution is 2.31. The molecule has 3 amide bonds. The van der Waals surface area contributed by atoms with Gasteiger partial charge in [-0.1, -0.05) is 48.5 Å². The lowest BCUT2D eigenvalue weighted by Crippen LogP contribution is -2.52. The number of nitrogens with one attached hydrogen (secondary N) is 2. The zero-order valence-electron chi connectivity index (χ0n) is 21.0. The second-order valence-corrected chi connectivity index (χ2v) is 10.1. The Morgan fingerprint density at radius 2 is 1.68 bits per heavy atom. The predicted molar refractivity (Wildman–Crippen MR) is 143 cm³/mol. The van der Waals surface area contributed by atoms with E-state index in [0.29, 0.717) is 24.3 Å². The fourth-order valence-corrected chi connectivity index (χ4v) is 5.58. The van der Waals surface area contributed by atoms with Gasteiger partial charge < -0.3 is 19.9 Å². The largest absolute Gasteiger partial charge is 0.487 e. The first-order valence-corrected chi connectivity index (χ1v) is 13.1. The van der Waals surface area contributed by atoms with Crippen molar-refractivity contribution >= 4 is 23.4 Å². The first-order valence-electron chi connectivity index (χ1n) is 13.1. The summed E-state index contributed by atoms with van der Waals surface area (Å²) in [6, 6.07) is 25.7. The van der Waals surface area contributed by atoms with E-state index in [1.54, 1.807) is 11.0 Å². The van der Waals surface area contributed by atoms with Gasteiger partial charge in [-0.05, 0) is 47.9 Å². The zero-order chi connectivity index (χ0) is 26.1. The average molecular weight is 511 g/mol. The monoisotopic (exact) mass is 510 g/mol. The summed E-state index contributed by atoms with van der Waals surface area (Å²) in [5.41, 5.74) is 3.79. The van der Waals surface area contributed by atoms with Crippen molar-refractivity contribution in [3.8, 4) is 5.75 Å². The van der Waals surface area contributed by atoms with Crippen LogP contribution in [0.1, 0.15) is 34.3 Å². The number of carbonyl (C=O) groups is 3. The second-order valence-electron chi connectivity index (χ2n) is 10.1. The number of ether oxygens (including phenoxy) is 1. The maximum atomic E-state index is 13.1. The van der Waals surface area contributed by atoms with E-state index >= 15 is 0 Å². The quantitative estimate of drug-likeness (QED) is 0.475. The van der Waals surface area contributed by atoms with Gasteiger partial charge in [-0.25, -0.2) is 0 Å². The molecule has 8 heteroatoms. The van der Waals surface area contributed by atoms with Crippen molar-refractivity contribution in [2.24, 2.45) is 0 Å². The Bertz CT molecular complexity index is 1350. The maximum Gasteiger partial charge on any atom is 0.255 e. The number of nitrogens with zero attached hydrogens (tertiary/aromatic N) is 2. The Morgan fingerprint density at radius 3 is 2.45 bits per heavy atom. The molecule has 3 aromatic rings. The molecule has 3 aliphatic heterocycles. The van der Waals surface area contributed by atoms with Gasteiger partial charge in [0.2, 0.25) is 11.8 Å². The van der Waals surface area contributed by atoms with Gasteiger partial charge in [-0.2, -0.15) is 0 Å². The minimum Gasteiger partial charge on any atom is -0.487 e. The Kier molecular flexibility index (Phi) is 6.55. The minimum atomic E-state index is -0.627. The second kappa shape index (κ2) is 10.3. The lowest BCUT2D eigenvalue weighted by molar-refractivity contribution is -0.136. The molecular weight excluding hydrogens is 480 g/mol. The van der Waals surface area contributed by atoms with Crippen LogP contribution >= 0.6 is 0 Å². The first-order chi connectivity index (χ1) is 18.5. The van der Waals surface area contributed by atoms with E-state index in [9.17, 15) is 14.4 Å². The molecule has 0 saturated carbocycles. The van der Waals surface area contributed by atoms with Crippen molar-refractivity contribution in [1.82, 2.24) is 15.5 Å². The lowest BCUT2D eigenvalue weighted by atomic mass is 10.0. The van der Waals surface area contributed by atoms with E-state index in [4.69, 9.17) is 4.74 Å². The van der Waals surface area contributed by atoms with E-state index in [1.807, 2.05) is 48.5 Å². The van der Waals surface area contributed by atoms with Gasteiger partial charge in [0.1, 0.15) is 17.9 Å². The zero-order valence-corrected chi connectivity index (χ0v) is 21.0. The molecule has 0 radical (unpaired) electrons. The summed E-state index contributed by atoms with van der Waals surface area (Å²) >= 11 is 0. The third-order valence-corrected chi connectivity index (χ3v) is 7.58. The van der Waals surface area contributed by atoms with E-state index in [-0.39, 0.29) is 30.4 Å². The molecule has 194 valence electrons. The molecule has 8 nitrogen and oxygen atoms in total. The number of imide groups is 1. The SMILES string of the molecule is O=C1CCC(N2Cc3cc(OC4CN(c5ccccc5)CC4NCc4ccccc4)ccc3C2=O)C(=O)N1. The number of rotatable bonds is 7. The molecule has 2 saturated heterocycles. The van der Waals surface area contributed by atoms with Gasteiger partial charge in [-0.15, -0.1) is 0 Å². The lowest BCUT2D eigenvalue weighted by Gasteiger charge is -2.29. The van der Waals surface area contributed by atoms with Crippen molar-refractivity contribution in [2.45, 2.75) is 44.1 Å². The van der Waals surface area contributed by atoms with Crippen LogP contribution in [0.25, 0.3) is 0 Å². The number of para-hydroxylation sites is 1. The number of fused-ring (bicyclic) bond motifs is 1. The minimum absolute atomic E-state index is 0.0969. The van der Waals surface area contributed by atoms with Gasteiger partial charge in [0.15, 0.2) is 0 Å². The summed E-state index contributed by atoms with van der Waals surface area (Å²) in [5, 5.41) is 6.04. The van der Waals surface area contributed by atoms with Crippen LogP contribution in [0.3, 0.4) is 0 Å². The molecule has 3 atom stereocenters. The normalized spacial score (nSPS) is 22.9. The van der Waals surface area contributed by atoms with Crippen LogP contribution in [0.4, 0.5) is 5.69 Å². The number of piperidine rings is 1. The van der Waals surface area contributed by atoms with Crippen molar-refractivity contribution < 1.29 is 19.1 Å². The molecule has 3 heterocycles. The number of hydrogen-bond donors (Lipinski definition) is 2. The van der Waals surface area contributed by atoms with Crippen molar-refractivity contribution in [3.05, 3.63) is 95.6 Å². The standard InChI is InChI=1S/C30H30N4O4/c35-28-14-13-26(29(36)32-28)34-17-21-15-23(11-12-24(21)30(34)37)38-27-19-33(22-9-5-2-6-10-22)18-25(27)31-16-20-7-3-1-4-8-20/h1-12,15,25-27,31H,13-14,16-19H2,(H,32,35,36). The first kappa shape index (κ1) is 24.2. The van der Waals surface area contributed by atoms with E-state index in [0.717, 1.165) is 30.9 Å². The highest BCUT2D eigenvalue weighted by Gasteiger charge is 2.40. The molecule has 2 N–H and O–H groups in total. The number of benzene rings is 3. The number of anilines is 1. The summed E-state index contributed by atoms with van der Waals surface area (Å²) in [6.45, 7) is 2.62. The Morgan fingerprint density at radius 1 is 0.921 bits per heavy atom. The fourth-order valence-electron chi connectivity index (χ4n) is 5.58. The van der Waals surface area contributed by atoms with Crippen LogP contribution in [0.15, 0.2) is 78.9 Å². The summed E-state index contributed by atoms with van der Waals surface area (Å²) in [4.78, 5) is 40.9. The molecule has 2 fully saturated rings. The Balaban J connectivity index is 1.18. The van der Waals surface area contributed by atoms with Crippen molar-refractivity contribution in [3.63, 3.8) is 0 Å². The number of hydrogen-bond acceptors (Lipinski definition) is 6. The molecule has 0 aliphatic carbocycles. The van der Waals surface area contributed by atoms with Gasteiger partial charge in [0, 0.05) is 37.3 Å². The molecule has 3 aromatic carbocycles. The smallest absolute Gasteiger partial charge is 0.255 e. The average Bonchev–Trinajstić information content (AvgIpc) is 3.49. The summed E-state index contributed by atoms with van der Waals surface area (Å²) in [7, 11) is 0. The van der Waals surface area contributed by atoms with Crippen LogP contribution < -0.4 is 20.3 Å². The molecule has 3 aliphatic rings. The molecule has 3 unspecified atom stereocenters. The molecule has 0 spiro atoms. The summed E-state index contributed by atoms with van der Waals surface area (Å²) in [5.74, 6) is -0.173.